The van der Waals surface area contributed by atoms with Crippen LogP contribution in [0.4, 0.5) is 5.69 Å². The Bertz CT molecular complexity index is 542. The highest BCUT2D eigenvalue weighted by molar-refractivity contribution is 9.10. The van der Waals surface area contributed by atoms with Crippen molar-refractivity contribution in [3.8, 4) is 0 Å². The van der Waals surface area contributed by atoms with Crippen LogP contribution in [0.1, 0.15) is 11.1 Å². The molecule has 19 heavy (non-hydrogen) atoms. The van der Waals surface area contributed by atoms with Crippen molar-refractivity contribution in [3.63, 3.8) is 0 Å². The standard InChI is InChI=1S/C15H15BrClNO/c1-19-10-12-7-5-11(6-8-12)9-18-14-4-2-3-13(17)15(14)16/h2-8,18H,9-10H2,1H3. The van der Waals surface area contributed by atoms with E-state index in [0.29, 0.717) is 11.6 Å². The first-order valence-corrected chi connectivity index (χ1v) is 7.12. The lowest BCUT2D eigenvalue weighted by Crippen LogP contribution is -2.00. The van der Waals surface area contributed by atoms with Gasteiger partial charge in [0.1, 0.15) is 0 Å². The van der Waals surface area contributed by atoms with Gasteiger partial charge in [0.15, 0.2) is 0 Å². The molecule has 0 radical (unpaired) electrons. The van der Waals surface area contributed by atoms with E-state index in [1.54, 1.807) is 7.11 Å². The fourth-order valence-electron chi connectivity index (χ4n) is 1.76. The third-order valence-corrected chi connectivity index (χ3v) is 4.17. The summed E-state index contributed by atoms with van der Waals surface area (Å²) in [4.78, 5) is 0. The van der Waals surface area contributed by atoms with E-state index >= 15 is 0 Å². The van der Waals surface area contributed by atoms with E-state index in [0.717, 1.165) is 16.7 Å². The summed E-state index contributed by atoms with van der Waals surface area (Å²) in [6, 6.07) is 14.1. The smallest absolute Gasteiger partial charge is 0.0713 e. The number of anilines is 1. The van der Waals surface area contributed by atoms with Crippen molar-refractivity contribution >= 4 is 33.2 Å². The van der Waals surface area contributed by atoms with E-state index in [1.807, 2.05) is 18.2 Å². The summed E-state index contributed by atoms with van der Waals surface area (Å²) < 4.78 is 5.99. The summed E-state index contributed by atoms with van der Waals surface area (Å²) in [6.45, 7) is 1.40. The van der Waals surface area contributed by atoms with Crippen LogP contribution in [0.25, 0.3) is 0 Å². The molecule has 2 nitrogen and oxygen atoms in total. The Morgan fingerprint density at radius 2 is 1.79 bits per heavy atom. The maximum Gasteiger partial charge on any atom is 0.0713 e. The van der Waals surface area contributed by atoms with Gasteiger partial charge < -0.3 is 10.1 Å². The van der Waals surface area contributed by atoms with Crippen LogP contribution < -0.4 is 5.32 Å². The van der Waals surface area contributed by atoms with Crippen molar-refractivity contribution < 1.29 is 4.74 Å². The first-order chi connectivity index (χ1) is 9.20. The molecule has 0 heterocycles. The van der Waals surface area contributed by atoms with Gasteiger partial charge in [0.2, 0.25) is 0 Å². The number of benzene rings is 2. The van der Waals surface area contributed by atoms with Crippen molar-refractivity contribution in [2.75, 3.05) is 12.4 Å². The van der Waals surface area contributed by atoms with Crippen LogP contribution in [0, 0.1) is 0 Å². The van der Waals surface area contributed by atoms with Gasteiger partial charge in [-0.15, -0.1) is 0 Å². The quantitative estimate of drug-likeness (QED) is 0.839. The number of hydrogen-bond donors (Lipinski definition) is 1. The number of nitrogens with one attached hydrogen (secondary N) is 1. The molecule has 0 atom stereocenters. The summed E-state index contributed by atoms with van der Waals surface area (Å²) in [5.41, 5.74) is 3.38. The van der Waals surface area contributed by atoms with Gasteiger partial charge >= 0.3 is 0 Å². The molecule has 1 N–H and O–H groups in total. The maximum absolute atomic E-state index is 6.05. The molecule has 0 aliphatic rings. The minimum atomic E-state index is 0.646. The molecule has 0 aliphatic carbocycles. The number of ether oxygens (including phenoxy) is 1. The lowest BCUT2D eigenvalue weighted by atomic mass is 10.1. The molecule has 2 aromatic carbocycles. The second-order valence-electron chi connectivity index (χ2n) is 4.20. The Balaban J connectivity index is 2.00. The molecule has 0 bridgehead atoms. The highest BCUT2D eigenvalue weighted by Crippen LogP contribution is 2.30. The van der Waals surface area contributed by atoms with Crippen molar-refractivity contribution in [3.05, 3.63) is 63.1 Å². The Morgan fingerprint density at radius 3 is 2.47 bits per heavy atom. The topological polar surface area (TPSA) is 21.3 Å². The molecule has 2 aromatic rings. The summed E-state index contributed by atoms with van der Waals surface area (Å²) in [5, 5.41) is 4.07. The summed E-state index contributed by atoms with van der Waals surface area (Å²) in [7, 11) is 1.70. The van der Waals surface area contributed by atoms with Crippen LogP contribution in [-0.4, -0.2) is 7.11 Å². The maximum atomic E-state index is 6.05. The molecule has 0 aliphatic heterocycles. The van der Waals surface area contributed by atoms with Crippen molar-refractivity contribution in [2.45, 2.75) is 13.2 Å². The predicted molar refractivity (Wildman–Crippen MR) is 83.6 cm³/mol. The van der Waals surface area contributed by atoms with Crippen LogP contribution in [0.15, 0.2) is 46.9 Å². The van der Waals surface area contributed by atoms with E-state index in [9.17, 15) is 0 Å². The second-order valence-corrected chi connectivity index (χ2v) is 5.40. The molecule has 0 unspecified atom stereocenters. The van der Waals surface area contributed by atoms with Crippen LogP contribution >= 0.6 is 27.5 Å². The molecular formula is C15H15BrClNO. The molecule has 0 saturated heterocycles. The number of hydrogen-bond acceptors (Lipinski definition) is 2. The summed E-state index contributed by atoms with van der Waals surface area (Å²) in [5.74, 6) is 0. The molecular weight excluding hydrogens is 326 g/mol. The molecule has 0 spiro atoms. The predicted octanol–water partition coefficient (Wildman–Crippen LogP) is 4.86. The van der Waals surface area contributed by atoms with Gasteiger partial charge in [-0.1, -0.05) is 41.9 Å². The highest BCUT2D eigenvalue weighted by atomic mass is 79.9. The van der Waals surface area contributed by atoms with Gasteiger partial charge in [-0.3, -0.25) is 0 Å². The molecule has 0 fully saturated rings. The SMILES string of the molecule is COCc1ccc(CNc2cccc(Cl)c2Br)cc1. The average Bonchev–Trinajstić information content (AvgIpc) is 2.42. The first kappa shape index (κ1) is 14.4. The van der Waals surface area contributed by atoms with Crippen LogP contribution in [0.5, 0.6) is 0 Å². The third-order valence-electron chi connectivity index (χ3n) is 2.77. The van der Waals surface area contributed by atoms with E-state index in [-0.39, 0.29) is 0 Å². The van der Waals surface area contributed by atoms with Crippen molar-refractivity contribution in [1.82, 2.24) is 0 Å². The van der Waals surface area contributed by atoms with Crippen LogP contribution in [-0.2, 0) is 17.9 Å². The zero-order chi connectivity index (χ0) is 13.7. The number of halogens is 2. The molecule has 4 heteroatoms. The van der Waals surface area contributed by atoms with Crippen LogP contribution in [0.2, 0.25) is 5.02 Å². The fourth-order valence-corrected chi connectivity index (χ4v) is 2.34. The van der Waals surface area contributed by atoms with Gasteiger partial charge in [-0.25, -0.2) is 0 Å². The molecule has 0 amide bonds. The number of rotatable bonds is 5. The summed E-state index contributed by atoms with van der Waals surface area (Å²) in [6.07, 6.45) is 0. The Hall–Kier alpha value is -1.03. The largest absolute Gasteiger partial charge is 0.380 e. The highest BCUT2D eigenvalue weighted by Gasteiger charge is 2.03. The van der Waals surface area contributed by atoms with Gasteiger partial charge in [0, 0.05) is 13.7 Å². The molecule has 0 aromatic heterocycles. The Morgan fingerprint density at radius 1 is 1.11 bits per heavy atom. The normalized spacial score (nSPS) is 10.5. The van der Waals surface area contributed by atoms with Gasteiger partial charge in [-0.05, 0) is 39.2 Å². The van der Waals surface area contributed by atoms with E-state index < -0.39 is 0 Å². The number of methoxy groups -OCH3 is 1. The van der Waals surface area contributed by atoms with Crippen molar-refractivity contribution in [2.24, 2.45) is 0 Å². The zero-order valence-corrected chi connectivity index (χ0v) is 13.0. The Labute approximate surface area is 126 Å². The first-order valence-electron chi connectivity index (χ1n) is 5.95. The molecule has 0 saturated carbocycles. The fraction of sp³-hybridized carbons (Fsp3) is 0.200. The van der Waals surface area contributed by atoms with Gasteiger partial charge in [0.05, 0.1) is 21.8 Å². The van der Waals surface area contributed by atoms with E-state index in [4.69, 9.17) is 16.3 Å². The average molecular weight is 341 g/mol. The van der Waals surface area contributed by atoms with E-state index in [1.165, 1.54) is 11.1 Å². The van der Waals surface area contributed by atoms with Gasteiger partial charge in [0.25, 0.3) is 0 Å². The third kappa shape index (κ3) is 3.96. The zero-order valence-electron chi connectivity index (χ0n) is 10.6. The second kappa shape index (κ2) is 6.94. The lowest BCUT2D eigenvalue weighted by Gasteiger charge is -2.10. The monoisotopic (exact) mass is 339 g/mol. The Kier molecular flexibility index (Phi) is 5.25. The molecule has 100 valence electrons. The van der Waals surface area contributed by atoms with Gasteiger partial charge in [-0.2, -0.15) is 0 Å². The summed E-state index contributed by atoms with van der Waals surface area (Å²) >= 11 is 9.53. The van der Waals surface area contributed by atoms with E-state index in [2.05, 4.69) is 45.5 Å². The van der Waals surface area contributed by atoms with Crippen LogP contribution in [0.3, 0.4) is 0 Å². The lowest BCUT2D eigenvalue weighted by molar-refractivity contribution is 0.185. The minimum absolute atomic E-state index is 0.646. The van der Waals surface area contributed by atoms with Crippen molar-refractivity contribution in [1.29, 1.82) is 0 Å². The molecule has 2 rings (SSSR count). The minimum Gasteiger partial charge on any atom is -0.380 e.